The van der Waals surface area contributed by atoms with Crippen molar-refractivity contribution in [3.8, 4) is 0 Å². The van der Waals surface area contributed by atoms with Crippen LogP contribution >= 0.6 is 23.2 Å². The molecule has 1 heterocycles. The van der Waals surface area contributed by atoms with Gasteiger partial charge >= 0.3 is 0 Å². The molecule has 20 heavy (non-hydrogen) atoms. The number of halogens is 2. The van der Waals surface area contributed by atoms with Crippen LogP contribution in [0.15, 0.2) is 6.20 Å². The summed E-state index contributed by atoms with van der Waals surface area (Å²) < 4.78 is 0. The highest BCUT2D eigenvalue weighted by Crippen LogP contribution is 2.30. The van der Waals surface area contributed by atoms with Gasteiger partial charge in [-0.2, -0.15) is 4.98 Å². The number of carbonyl (C=O) groups excluding carboxylic acids is 1. The zero-order valence-corrected chi connectivity index (χ0v) is 13.0. The fourth-order valence-electron chi connectivity index (χ4n) is 2.46. The molecule has 110 valence electrons. The third-order valence-electron chi connectivity index (χ3n) is 3.32. The summed E-state index contributed by atoms with van der Waals surface area (Å²) >= 11 is 11.8. The van der Waals surface area contributed by atoms with Gasteiger partial charge in [0.05, 0.1) is 12.1 Å². The molecule has 0 saturated heterocycles. The summed E-state index contributed by atoms with van der Waals surface area (Å²) in [6.07, 6.45) is 4.24. The van der Waals surface area contributed by atoms with E-state index >= 15 is 0 Å². The van der Waals surface area contributed by atoms with Gasteiger partial charge in [-0.1, -0.05) is 18.0 Å². The summed E-state index contributed by atoms with van der Waals surface area (Å²) in [5.41, 5.74) is 0. The summed E-state index contributed by atoms with van der Waals surface area (Å²) in [5.74, 6) is 0.495. The van der Waals surface area contributed by atoms with Crippen LogP contribution in [0.25, 0.3) is 0 Å². The van der Waals surface area contributed by atoms with Crippen LogP contribution in [0.3, 0.4) is 0 Å². The predicted molar refractivity (Wildman–Crippen MR) is 80.1 cm³/mol. The lowest BCUT2D eigenvalue weighted by atomic mass is 10.0. The second-order valence-corrected chi connectivity index (χ2v) is 6.03. The van der Waals surface area contributed by atoms with Crippen LogP contribution in [-0.4, -0.2) is 28.0 Å². The molecule has 2 N–H and O–H groups in total. The fourth-order valence-corrected chi connectivity index (χ4v) is 2.74. The van der Waals surface area contributed by atoms with Crippen molar-refractivity contribution in [2.45, 2.75) is 45.2 Å². The van der Waals surface area contributed by atoms with Crippen molar-refractivity contribution in [1.29, 1.82) is 0 Å². The molecular weight excluding hydrogens is 299 g/mol. The SMILES string of the molecule is CC(C)NC(=O)[C@H]1CCCC1Nc1nc(Cl)ncc1Cl. The van der Waals surface area contributed by atoms with Gasteiger partial charge in [0, 0.05) is 12.1 Å². The standard InChI is InChI=1S/C13H18Cl2N4O/c1-7(2)17-12(20)8-4-3-5-10(8)18-11-9(14)6-16-13(15)19-11/h6-8,10H,3-5H2,1-2H3,(H,17,20)(H,16,18,19)/t8-,10?/m0/s1. The van der Waals surface area contributed by atoms with Crippen molar-refractivity contribution in [3.63, 3.8) is 0 Å². The molecule has 5 nitrogen and oxygen atoms in total. The second kappa shape index (κ2) is 6.59. The maximum atomic E-state index is 12.2. The van der Waals surface area contributed by atoms with E-state index in [1.807, 2.05) is 13.8 Å². The summed E-state index contributed by atoms with van der Waals surface area (Å²) in [4.78, 5) is 20.0. The van der Waals surface area contributed by atoms with Gasteiger partial charge in [0.25, 0.3) is 0 Å². The quantitative estimate of drug-likeness (QED) is 0.838. The Balaban J connectivity index is 2.07. The van der Waals surface area contributed by atoms with E-state index in [-0.39, 0.29) is 29.2 Å². The Kier molecular flexibility index (Phi) is 5.05. The number of carbonyl (C=O) groups is 1. The molecule has 0 aliphatic heterocycles. The molecule has 1 aliphatic rings. The van der Waals surface area contributed by atoms with E-state index in [1.54, 1.807) is 0 Å². The molecule has 1 aromatic rings. The molecule has 1 aromatic heterocycles. The molecule has 2 rings (SSSR count). The zero-order chi connectivity index (χ0) is 14.7. The van der Waals surface area contributed by atoms with Gasteiger partial charge in [0.15, 0.2) is 0 Å². The van der Waals surface area contributed by atoms with Crippen LogP contribution in [0.2, 0.25) is 10.3 Å². The van der Waals surface area contributed by atoms with Gasteiger partial charge in [0.1, 0.15) is 10.8 Å². The summed E-state index contributed by atoms with van der Waals surface area (Å²) in [7, 11) is 0. The van der Waals surface area contributed by atoms with Gasteiger partial charge in [-0.05, 0) is 38.3 Å². The molecule has 0 spiro atoms. The van der Waals surface area contributed by atoms with Crippen molar-refractivity contribution < 1.29 is 4.79 Å². The minimum absolute atomic E-state index is 0.0252. The zero-order valence-electron chi connectivity index (χ0n) is 11.5. The highest BCUT2D eigenvalue weighted by atomic mass is 35.5. The Bertz CT molecular complexity index is 495. The lowest BCUT2D eigenvalue weighted by molar-refractivity contribution is -0.125. The number of nitrogens with one attached hydrogen (secondary N) is 2. The maximum absolute atomic E-state index is 12.2. The first-order chi connectivity index (χ1) is 9.47. The second-order valence-electron chi connectivity index (χ2n) is 5.29. The Labute approximate surface area is 128 Å². The number of hydrogen-bond donors (Lipinski definition) is 2. The van der Waals surface area contributed by atoms with Gasteiger partial charge < -0.3 is 10.6 Å². The normalized spacial score (nSPS) is 22.1. The molecule has 1 amide bonds. The molecule has 7 heteroatoms. The van der Waals surface area contributed by atoms with Crippen molar-refractivity contribution in [2.75, 3.05) is 5.32 Å². The van der Waals surface area contributed by atoms with Crippen LogP contribution in [0, 0.1) is 5.92 Å². The highest BCUT2D eigenvalue weighted by Gasteiger charge is 2.33. The number of hydrogen-bond acceptors (Lipinski definition) is 4. The molecule has 1 fully saturated rings. The molecule has 0 bridgehead atoms. The van der Waals surface area contributed by atoms with Gasteiger partial charge in [-0.3, -0.25) is 4.79 Å². The molecule has 0 radical (unpaired) electrons. The van der Waals surface area contributed by atoms with Crippen molar-refractivity contribution in [1.82, 2.24) is 15.3 Å². The van der Waals surface area contributed by atoms with E-state index in [0.717, 1.165) is 19.3 Å². The third kappa shape index (κ3) is 3.73. The Morgan fingerprint density at radius 2 is 2.15 bits per heavy atom. The maximum Gasteiger partial charge on any atom is 0.225 e. The van der Waals surface area contributed by atoms with Crippen molar-refractivity contribution >= 4 is 34.9 Å². The van der Waals surface area contributed by atoms with E-state index in [2.05, 4.69) is 20.6 Å². The van der Waals surface area contributed by atoms with Crippen LogP contribution in [0.5, 0.6) is 0 Å². The van der Waals surface area contributed by atoms with Crippen molar-refractivity contribution in [3.05, 3.63) is 16.5 Å². The fraction of sp³-hybridized carbons (Fsp3) is 0.615. The van der Waals surface area contributed by atoms with E-state index < -0.39 is 0 Å². The Hall–Kier alpha value is -1.07. The predicted octanol–water partition coefficient (Wildman–Crippen LogP) is 2.89. The van der Waals surface area contributed by atoms with Crippen LogP contribution in [-0.2, 0) is 4.79 Å². The molecule has 1 saturated carbocycles. The van der Waals surface area contributed by atoms with E-state index in [1.165, 1.54) is 6.20 Å². The first-order valence-corrected chi connectivity index (χ1v) is 7.48. The van der Waals surface area contributed by atoms with Crippen LogP contribution in [0.1, 0.15) is 33.1 Å². The van der Waals surface area contributed by atoms with Gasteiger partial charge in [-0.25, -0.2) is 4.98 Å². The average molecular weight is 317 g/mol. The molecule has 1 unspecified atom stereocenters. The minimum atomic E-state index is -0.0674. The largest absolute Gasteiger partial charge is 0.365 e. The first kappa shape index (κ1) is 15.3. The summed E-state index contributed by atoms with van der Waals surface area (Å²) in [6, 6.07) is 0.165. The molecular formula is C13H18Cl2N4O. The summed E-state index contributed by atoms with van der Waals surface area (Å²) in [5, 5.41) is 6.73. The van der Waals surface area contributed by atoms with E-state index in [0.29, 0.717) is 10.8 Å². The smallest absolute Gasteiger partial charge is 0.225 e. The topological polar surface area (TPSA) is 66.9 Å². The van der Waals surface area contributed by atoms with E-state index in [4.69, 9.17) is 23.2 Å². The van der Waals surface area contributed by atoms with Crippen LogP contribution < -0.4 is 10.6 Å². The Morgan fingerprint density at radius 3 is 2.85 bits per heavy atom. The number of amides is 1. The number of nitrogens with zero attached hydrogens (tertiary/aromatic N) is 2. The molecule has 2 atom stereocenters. The van der Waals surface area contributed by atoms with Gasteiger partial charge in [0.2, 0.25) is 11.2 Å². The molecule has 1 aliphatic carbocycles. The third-order valence-corrected chi connectivity index (χ3v) is 3.78. The number of aromatic nitrogens is 2. The van der Waals surface area contributed by atoms with Crippen molar-refractivity contribution in [2.24, 2.45) is 5.92 Å². The minimum Gasteiger partial charge on any atom is -0.365 e. The van der Waals surface area contributed by atoms with Gasteiger partial charge in [-0.15, -0.1) is 0 Å². The number of anilines is 1. The lowest BCUT2D eigenvalue weighted by Crippen LogP contribution is -2.41. The Morgan fingerprint density at radius 1 is 1.40 bits per heavy atom. The summed E-state index contributed by atoms with van der Waals surface area (Å²) in [6.45, 7) is 3.91. The first-order valence-electron chi connectivity index (χ1n) is 6.72. The van der Waals surface area contributed by atoms with E-state index in [9.17, 15) is 4.79 Å². The average Bonchev–Trinajstić information content (AvgIpc) is 2.81. The lowest BCUT2D eigenvalue weighted by Gasteiger charge is -2.22. The highest BCUT2D eigenvalue weighted by molar-refractivity contribution is 6.33. The number of rotatable bonds is 4. The monoisotopic (exact) mass is 316 g/mol. The molecule has 0 aromatic carbocycles. The van der Waals surface area contributed by atoms with Crippen LogP contribution in [0.4, 0.5) is 5.82 Å².